The van der Waals surface area contributed by atoms with Crippen LogP contribution < -0.4 is 0 Å². The Balaban J connectivity index is 2.18. The lowest BCUT2D eigenvalue weighted by atomic mass is 10.1. The van der Waals surface area contributed by atoms with Crippen LogP contribution in [-0.2, 0) is 0 Å². The van der Waals surface area contributed by atoms with Gasteiger partial charge in [0, 0.05) is 0 Å². The third kappa shape index (κ3) is 0.405. The molecule has 8 heavy (non-hydrogen) atoms. The molecule has 2 aliphatic carbocycles. The van der Waals surface area contributed by atoms with Crippen molar-refractivity contribution in [3.63, 3.8) is 0 Å². The summed E-state index contributed by atoms with van der Waals surface area (Å²) in [5.41, 5.74) is 1.50. The fourth-order valence-corrected chi connectivity index (χ4v) is 1.56. The molecule has 0 N–H and O–H groups in total. The van der Waals surface area contributed by atoms with E-state index in [0.29, 0.717) is 0 Å². The molecule has 0 bridgehead atoms. The van der Waals surface area contributed by atoms with Gasteiger partial charge in [0.25, 0.3) is 0 Å². The summed E-state index contributed by atoms with van der Waals surface area (Å²) in [5.74, 6) is 1.78. The molecule has 0 radical (unpaired) electrons. The first-order valence-corrected chi connectivity index (χ1v) is 3.23. The zero-order chi connectivity index (χ0) is 5.56. The Morgan fingerprint density at radius 3 is 2.12 bits per heavy atom. The van der Waals surface area contributed by atoms with E-state index >= 15 is 0 Å². The van der Waals surface area contributed by atoms with Crippen LogP contribution in [0.1, 0.15) is 12.8 Å². The zero-order valence-electron chi connectivity index (χ0n) is 4.93. The minimum absolute atomic E-state index is 0.889. The topological polar surface area (TPSA) is 0 Å². The van der Waals surface area contributed by atoms with Crippen molar-refractivity contribution >= 4 is 0 Å². The van der Waals surface area contributed by atoms with Gasteiger partial charge in [-0.05, 0) is 24.7 Å². The Labute approximate surface area is 49.9 Å². The molecular formula is C8H10. The highest BCUT2D eigenvalue weighted by atomic mass is 14.4. The van der Waals surface area contributed by atoms with Crippen molar-refractivity contribution < 1.29 is 0 Å². The molecule has 0 heteroatoms. The van der Waals surface area contributed by atoms with Gasteiger partial charge >= 0.3 is 0 Å². The SMILES string of the molecule is C=C1[C@H]2CC=CC[C@@H]12. The summed E-state index contributed by atoms with van der Waals surface area (Å²) < 4.78 is 0. The molecule has 0 nitrogen and oxygen atoms in total. The van der Waals surface area contributed by atoms with Crippen LogP contribution >= 0.6 is 0 Å². The maximum atomic E-state index is 3.97. The maximum absolute atomic E-state index is 3.97. The quantitative estimate of drug-likeness (QED) is 0.415. The molecule has 0 aromatic rings. The molecule has 0 aliphatic heterocycles. The van der Waals surface area contributed by atoms with Gasteiger partial charge in [-0.25, -0.2) is 0 Å². The second kappa shape index (κ2) is 1.25. The maximum Gasteiger partial charge on any atom is -0.00996 e. The Bertz CT molecular complexity index is 137. The van der Waals surface area contributed by atoms with E-state index in [1.54, 1.807) is 0 Å². The zero-order valence-corrected chi connectivity index (χ0v) is 4.93. The molecule has 0 aromatic heterocycles. The molecule has 2 atom stereocenters. The third-order valence-electron chi connectivity index (χ3n) is 2.28. The summed E-state index contributed by atoms with van der Waals surface area (Å²) in [7, 11) is 0. The van der Waals surface area contributed by atoms with Crippen molar-refractivity contribution in [2.45, 2.75) is 12.8 Å². The van der Waals surface area contributed by atoms with Crippen molar-refractivity contribution in [3.8, 4) is 0 Å². The Morgan fingerprint density at radius 2 is 1.75 bits per heavy atom. The average Bonchev–Trinajstić information content (AvgIpc) is 2.46. The molecule has 0 saturated heterocycles. The summed E-state index contributed by atoms with van der Waals surface area (Å²) in [4.78, 5) is 0. The van der Waals surface area contributed by atoms with Crippen LogP contribution in [0, 0.1) is 11.8 Å². The van der Waals surface area contributed by atoms with Crippen LogP contribution in [0.15, 0.2) is 24.3 Å². The summed E-state index contributed by atoms with van der Waals surface area (Å²) >= 11 is 0. The first kappa shape index (κ1) is 4.37. The van der Waals surface area contributed by atoms with Crippen LogP contribution in [0.4, 0.5) is 0 Å². The van der Waals surface area contributed by atoms with Crippen LogP contribution in [0.3, 0.4) is 0 Å². The normalized spacial score (nSPS) is 41.8. The molecule has 0 amide bonds. The lowest BCUT2D eigenvalue weighted by Crippen LogP contribution is -1.83. The van der Waals surface area contributed by atoms with Crippen molar-refractivity contribution in [3.05, 3.63) is 24.3 Å². The summed E-state index contributed by atoms with van der Waals surface area (Å²) in [5, 5.41) is 0. The minimum Gasteiger partial charge on any atom is -0.0992 e. The summed E-state index contributed by atoms with van der Waals surface area (Å²) in [6.07, 6.45) is 7.09. The number of hydrogen-bond acceptors (Lipinski definition) is 0. The minimum atomic E-state index is 0.889. The summed E-state index contributed by atoms with van der Waals surface area (Å²) in [6.45, 7) is 3.97. The monoisotopic (exact) mass is 106 g/mol. The number of hydrogen-bond donors (Lipinski definition) is 0. The molecule has 0 unspecified atom stereocenters. The van der Waals surface area contributed by atoms with Crippen molar-refractivity contribution in [1.29, 1.82) is 0 Å². The number of allylic oxidation sites excluding steroid dienone is 3. The highest BCUT2D eigenvalue weighted by Gasteiger charge is 2.41. The fourth-order valence-electron chi connectivity index (χ4n) is 1.56. The van der Waals surface area contributed by atoms with Gasteiger partial charge in [0.15, 0.2) is 0 Å². The van der Waals surface area contributed by atoms with E-state index in [0.717, 1.165) is 11.8 Å². The molecule has 2 aliphatic rings. The van der Waals surface area contributed by atoms with Gasteiger partial charge in [-0.1, -0.05) is 24.3 Å². The number of rotatable bonds is 0. The Hall–Kier alpha value is -0.520. The van der Waals surface area contributed by atoms with Gasteiger partial charge in [-0.2, -0.15) is 0 Å². The van der Waals surface area contributed by atoms with E-state index in [2.05, 4.69) is 18.7 Å². The van der Waals surface area contributed by atoms with Crippen LogP contribution in [0.25, 0.3) is 0 Å². The van der Waals surface area contributed by atoms with E-state index in [1.807, 2.05) is 0 Å². The van der Waals surface area contributed by atoms with E-state index in [4.69, 9.17) is 0 Å². The molecular weight excluding hydrogens is 96.1 g/mol. The van der Waals surface area contributed by atoms with Crippen LogP contribution in [-0.4, -0.2) is 0 Å². The van der Waals surface area contributed by atoms with Gasteiger partial charge in [-0.3, -0.25) is 0 Å². The van der Waals surface area contributed by atoms with E-state index < -0.39 is 0 Å². The molecule has 42 valence electrons. The van der Waals surface area contributed by atoms with Crippen LogP contribution in [0.2, 0.25) is 0 Å². The highest BCUT2D eigenvalue weighted by molar-refractivity contribution is 5.30. The van der Waals surface area contributed by atoms with E-state index in [9.17, 15) is 0 Å². The molecule has 1 fully saturated rings. The standard InChI is InChI=1S/C8H10/c1-6-7-4-2-3-5-8(6)7/h2-3,7-8H,1,4-5H2/t7-,8+. The molecule has 0 heterocycles. The second-order valence-electron chi connectivity index (χ2n) is 2.73. The third-order valence-corrected chi connectivity index (χ3v) is 2.28. The van der Waals surface area contributed by atoms with E-state index in [-0.39, 0.29) is 0 Å². The average molecular weight is 106 g/mol. The van der Waals surface area contributed by atoms with Crippen molar-refractivity contribution in [2.75, 3.05) is 0 Å². The number of fused-ring (bicyclic) bond motifs is 1. The highest BCUT2D eigenvalue weighted by Crippen LogP contribution is 2.51. The first-order chi connectivity index (χ1) is 3.89. The predicted molar refractivity (Wildman–Crippen MR) is 34.5 cm³/mol. The molecule has 2 rings (SSSR count). The second-order valence-corrected chi connectivity index (χ2v) is 2.73. The lowest BCUT2D eigenvalue weighted by molar-refractivity contribution is 0.689. The van der Waals surface area contributed by atoms with Gasteiger partial charge in [0.05, 0.1) is 0 Å². The lowest BCUT2D eigenvalue weighted by Gasteiger charge is -1.95. The first-order valence-electron chi connectivity index (χ1n) is 3.23. The fraction of sp³-hybridized carbons (Fsp3) is 0.500. The van der Waals surface area contributed by atoms with Gasteiger partial charge < -0.3 is 0 Å². The molecule has 1 saturated carbocycles. The molecule has 0 spiro atoms. The smallest absolute Gasteiger partial charge is 0.00996 e. The predicted octanol–water partition coefficient (Wildman–Crippen LogP) is 2.14. The van der Waals surface area contributed by atoms with Gasteiger partial charge in [0.2, 0.25) is 0 Å². The van der Waals surface area contributed by atoms with Crippen molar-refractivity contribution in [2.24, 2.45) is 11.8 Å². The Morgan fingerprint density at radius 1 is 1.25 bits per heavy atom. The van der Waals surface area contributed by atoms with Gasteiger partial charge in [-0.15, -0.1) is 0 Å². The van der Waals surface area contributed by atoms with E-state index in [1.165, 1.54) is 18.4 Å². The molecule has 0 aromatic carbocycles. The van der Waals surface area contributed by atoms with Crippen molar-refractivity contribution in [1.82, 2.24) is 0 Å². The summed E-state index contributed by atoms with van der Waals surface area (Å²) in [6, 6.07) is 0. The largest absolute Gasteiger partial charge is 0.0992 e. The van der Waals surface area contributed by atoms with Crippen LogP contribution in [0.5, 0.6) is 0 Å². The Kier molecular flexibility index (Phi) is 0.682. The van der Waals surface area contributed by atoms with Gasteiger partial charge in [0.1, 0.15) is 0 Å².